The van der Waals surface area contributed by atoms with Crippen LogP contribution in [0.25, 0.3) is 0 Å². The van der Waals surface area contributed by atoms with E-state index in [9.17, 15) is 4.79 Å². The molecule has 4 nitrogen and oxygen atoms in total. The van der Waals surface area contributed by atoms with Gasteiger partial charge in [0.25, 0.3) is 0 Å². The van der Waals surface area contributed by atoms with E-state index in [1.54, 1.807) is 7.05 Å². The predicted molar refractivity (Wildman–Crippen MR) is 78.5 cm³/mol. The van der Waals surface area contributed by atoms with Crippen molar-refractivity contribution in [2.24, 2.45) is 0 Å². The van der Waals surface area contributed by atoms with Crippen molar-refractivity contribution in [3.8, 4) is 5.75 Å². The summed E-state index contributed by atoms with van der Waals surface area (Å²) in [6, 6.07) is 17.5. The number of hydrogen-bond acceptors (Lipinski definition) is 2. The number of hydrogen-bond donors (Lipinski definition) is 2. The topological polar surface area (TPSA) is 50.4 Å². The third-order valence-corrected chi connectivity index (χ3v) is 2.88. The Hall–Kier alpha value is -2.49. The third-order valence-electron chi connectivity index (χ3n) is 2.88. The fraction of sp³-hybridized carbons (Fsp3) is 0.188. The van der Waals surface area contributed by atoms with Crippen LogP contribution in [-0.2, 0) is 13.2 Å². The molecule has 0 aliphatic carbocycles. The normalized spacial score (nSPS) is 9.85. The number of carbonyl (C=O) groups is 1. The first-order valence-corrected chi connectivity index (χ1v) is 6.50. The van der Waals surface area contributed by atoms with E-state index in [0.29, 0.717) is 13.2 Å². The Morgan fingerprint density at radius 2 is 1.75 bits per heavy atom. The maximum Gasteiger partial charge on any atom is 0.314 e. The SMILES string of the molecule is CNC(=O)NCc1ccccc1OCc1ccccc1. The van der Waals surface area contributed by atoms with Gasteiger partial charge in [0.05, 0.1) is 0 Å². The Bertz CT molecular complexity index is 555. The third kappa shape index (κ3) is 4.02. The number of carbonyl (C=O) groups excluding carboxylic acids is 1. The molecular weight excluding hydrogens is 252 g/mol. The summed E-state index contributed by atoms with van der Waals surface area (Å²) in [7, 11) is 1.59. The molecule has 0 radical (unpaired) electrons. The highest BCUT2D eigenvalue weighted by Gasteiger charge is 2.04. The van der Waals surface area contributed by atoms with Gasteiger partial charge in [-0.05, 0) is 11.6 Å². The summed E-state index contributed by atoms with van der Waals surface area (Å²) in [4.78, 5) is 11.2. The second-order valence-electron chi connectivity index (χ2n) is 4.31. The number of rotatable bonds is 5. The highest BCUT2D eigenvalue weighted by molar-refractivity contribution is 5.73. The number of para-hydroxylation sites is 1. The van der Waals surface area contributed by atoms with Gasteiger partial charge >= 0.3 is 6.03 Å². The van der Waals surface area contributed by atoms with E-state index in [0.717, 1.165) is 16.9 Å². The van der Waals surface area contributed by atoms with Crippen molar-refractivity contribution in [1.29, 1.82) is 0 Å². The highest BCUT2D eigenvalue weighted by atomic mass is 16.5. The van der Waals surface area contributed by atoms with E-state index < -0.39 is 0 Å². The molecular formula is C16H18N2O2. The van der Waals surface area contributed by atoms with Crippen molar-refractivity contribution in [2.45, 2.75) is 13.2 Å². The molecule has 0 aliphatic heterocycles. The molecule has 0 bridgehead atoms. The molecule has 0 spiro atoms. The quantitative estimate of drug-likeness (QED) is 0.877. The molecule has 2 N–H and O–H groups in total. The van der Waals surface area contributed by atoms with Crippen molar-refractivity contribution in [3.63, 3.8) is 0 Å². The highest BCUT2D eigenvalue weighted by Crippen LogP contribution is 2.19. The predicted octanol–water partition coefficient (Wildman–Crippen LogP) is 2.69. The van der Waals surface area contributed by atoms with Crippen LogP contribution in [-0.4, -0.2) is 13.1 Å². The molecule has 0 aromatic heterocycles. The average Bonchev–Trinajstić information content (AvgIpc) is 2.52. The summed E-state index contributed by atoms with van der Waals surface area (Å²) in [5.74, 6) is 0.785. The average molecular weight is 270 g/mol. The molecule has 0 saturated heterocycles. The number of nitrogens with one attached hydrogen (secondary N) is 2. The van der Waals surface area contributed by atoms with Crippen molar-refractivity contribution >= 4 is 6.03 Å². The van der Waals surface area contributed by atoms with Gasteiger partial charge in [-0.3, -0.25) is 0 Å². The lowest BCUT2D eigenvalue weighted by molar-refractivity contribution is 0.242. The minimum Gasteiger partial charge on any atom is -0.489 e. The first kappa shape index (κ1) is 13.9. The van der Waals surface area contributed by atoms with E-state index in [-0.39, 0.29) is 6.03 Å². The van der Waals surface area contributed by atoms with E-state index in [1.807, 2.05) is 54.6 Å². The van der Waals surface area contributed by atoms with Gasteiger partial charge < -0.3 is 15.4 Å². The first-order valence-electron chi connectivity index (χ1n) is 6.50. The molecule has 0 heterocycles. The Labute approximate surface area is 118 Å². The number of urea groups is 1. The van der Waals surface area contributed by atoms with Crippen LogP contribution in [0.15, 0.2) is 54.6 Å². The summed E-state index contributed by atoms with van der Waals surface area (Å²) in [5, 5.41) is 5.28. The van der Waals surface area contributed by atoms with E-state index >= 15 is 0 Å². The van der Waals surface area contributed by atoms with E-state index in [2.05, 4.69) is 10.6 Å². The summed E-state index contributed by atoms with van der Waals surface area (Å²) < 4.78 is 5.82. The Balaban J connectivity index is 1.98. The van der Waals surface area contributed by atoms with Crippen LogP contribution in [0.2, 0.25) is 0 Å². The van der Waals surface area contributed by atoms with Gasteiger partial charge in [0, 0.05) is 19.2 Å². The minimum absolute atomic E-state index is 0.206. The lowest BCUT2D eigenvalue weighted by Gasteiger charge is -2.12. The molecule has 0 aliphatic rings. The summed E-state index contributed by atoms with van der Waals surface area (Å²) in [6.45, 7) is 0.947. The van der Waals surface area contributed by atoms with Crippen molar-refractivity contribution in [2.75, 3.05) is 7.05 Å². The van der Waals surface area contributed by atoms with E-state index in [4.69, 9.17) is 4.74 Å². The zero-order chi connectivity index (χ0) is 14.2. The molecule has 0 fully saturated rings. The van der Waals surface area contributed by atoms with Gasteiger partial charge in [0.1, 0.15) is 12.4 Å². The van der Waals surface area contributed by atoms with E-state index in [1.165, 1.54) is 0 Å². The van der Waals surface area contributed by atoms with Crippen LogP contribution in [0.3, 0.4) is 0 Å². The molecule has 0 unspecified atom stereocenters. The Morgan fingerprint density at radius 3 is 2.50 bits per heavy atom. The van der Waals surface area contributed by atoms with Crippen LogP contribution < -0.4 is 15.4 Å². The molecule has 0 saturated carbocycles. The largest absolute Gasteiger partial charge is 0.489 e. The van der Waals surface area contributed by atoms with Crippen molar-refractivity contribution < 1.29 is 9.53 Å². The standard InChI is InChI=1S/C16H18N2O2/c1-17-16(19)18-11-14-9-5-6-10-15(14)20-12-13-7-3-2-4-8-13/h2-10H,11-12H2,1H3,(H2,17,18,19). The van der Waals surface area contributed by atoms with Crippen LogP contribution >= 0.6 is 0 Å². The van der Waals surface area contributed by atoms with Gasteiger partial charge in [-0.15, -0.1) is 0 Å². The Kier molecular flexibility index (Phi) is 5.00. The fourth-order valence-electron chi connectivity index (χ4n) is 1.79. The van der Waals surface area contributed by atoms with Crippen LogP contribution in [0.5, 0.6) is 5.75 Å². The smallest absolute Gasteiger partial charge is 0.314 e. The second-order valence-corrected chi connectivity index (χ2v) is 4.31. The molecule has 2 amide bonds. The summed E-state index contributed by atoms with van der Waals surface area (Å²) >= 11 is 0. The molecule has 104 valence electrons. The lowest BCUT2D eigenvalue weighted by atomic mass is 10.2. The molecule has 2 rings (SSSR count). The zero-order valence-electron chi connectivity index (χ0n) is 11.4. The molecule has 2 aromatic rings. The van der Waals surface area contributed by atoms with Gasteiger partial charge in [0.15, 0.2) is 0 Å². The summed E-state index contributed by atoms with van der Waals surface area (Å²) in [5.41, 5.74) is 2.06. The first-order chi connectivity index (χ1) is 9.79. The maximum absolute atomic E-state index is 11.2. The van der Waals surface area contributed by atoms with Crippen LogP contribution in [0.1, 0.15) is 11.1 Å². The van der Waals surface area contributed by atoms with Crippen molar-refractivity contribution in [1.82, 2.24) is 10.6 Å². The number of benzene rings is 2. The minimum atomic E-state index is -0.206. The van der Waals surface area contributed by atoms with Gasteiger partial charge in [0.2, 0.25) is 0 Å². The van der Waals surface area contributed by atoms with Crippen molar-refractivity contribution in [3.05, 3.63) is 65.7 Å². The number of amides is 2. The summed E-state index contributed by atoms with van der Waals surface area (Å²) in [6.07, 6.45) is 0. The van der Waals surface area contributed by atoms with Gasteiger partial charge in [-0.1, -0.05) is 48.5 Å². The number of ether oxygens (including phenoxy) is 1. The van der Waals surface area contributed by atoms with Gasteiger partial charge in [-0.25, -0.2) is 4.79 Å². The monoisotopic (exact) mass is 270 g/mol. The zero-order valence-corrected chi connectivity index (χ0v) is 11.4. The van der Waals surface area contributed by atoms with Gasteiger partial charge in [-0.2, -0.15) is 0 Å². The molecule has 0 atom stereocenters. The second kappa shape index (κ2) is 7.19. The maximum atomic E-state index is 11.2. The Morgan fingerprint density at radius 1 is 1.05 bits per heavy atom. The molecule has 2 aromatic carbocycles. The van der Waals surface area contributed by atoms with Crippen LogP contribution in [0.4, 0.5) is 4.79 Å². The molecule has 20 heavy (non-hydrogen) atoms. The fourth-order valence-corrected chi connectivity index (χ4v) is 1.79. The van der Waals surface area contributed by atoms with Crippen LogP contribution in [0, 0.1) is 0 Å². The lowest BCUT2D eigenvalue weighted by Crippen LogP contribution is -2.32. The molecule has 4 heteroatoms.